The van der Waals surface area contributed by atoms with E-state index in [1.165, 1.54) is 0 Å². The molecule has 7 heavy (non-hydrogen) atoms. The molecule has 0 saturated heterocycles. The molecule has 0 amide bonds. The van der Waals surface area contributed by atoms with Crippen molar-refractivity contribution < 1.29 is 0 Å². The van der Waals surface area contributed by atoms with Gasteiger partial charge in [0.2, 0.25) is 5.39 Å². The summed E-state index contributed by atoms with van der Waals surface area (Å²) in [4.78, 5) is 3.13. The molecule has 0 bridgehead atoms. The molecule has 2 nitrogen and oxygen atoms in total. The summed E-state index contributed by atoms with van der Waals surface area (Å²) in [5, 5.41) is 8.21. The lowest BCUT2D eigenvalue weighted by molar-refractivity contribution is 0.770. The molecular formula is C4H8IN2+. The normalized spacial score (nSPS) is 17.4. The number of alkyl halides is 1. The van der Waals surface area contributed by atoms with Crippen LogP contribution >= 0.6 is 22.6 Å². The van der Waals surface area contributed by atoms with Gasteiger partial charge in [0.1, 0.15) is 4.98 Å². The van der Waals surface area contributed by atoms with Gasteiger partial charge in [-0.1, -0.05) is 6.92 Å². The molecule has 1 unspecified atom stereocenters. The standard InChI is InChI=1S/C4H8IN2/c1-3-4(2,5)7-6/h3H2,1-2H3/q+1. The minimum absolute atomic E-state index is 0.266. The smallest absolute Gasteiger partial charge is 0.0565 e. The Morgan fingerprint density at radius 3 is 2.29 bits per heavy atom. The molecular weight excluding hydrogens is 203 g/mol. The highest BCUT2D eigenvalue weighted by Gasteiger charge is 2.30. The van der Waals surface area contributed by atoms with E-state index in [4.69, 9.17) is 5.39 Å². The van der Waals surface area contributed by atoms with Gasteiger partial charge < -0.3 is 0 Å². The SMILES string of the molecule is CCC(C)(I)[N+]#N. The average Bonchev–Trinajstić information content (AvgIpc) is 1.68. The number of diazo groups is 1. The fourth-order valence-electron chi connectivity index (χ4n) is 0.0707. The van der Waals surface area contributed by atoms with Gasteiger partial charge in [0.15, 0.2) is 0 Å². The van der Waals surface area contributed by atoms with E-state index in [0.29, 0.717) is 0 Å². The van der Waals surface area contributed by atoms with Crippen LogP contribution in [0.5, 0.6) is 0 Å². The van der Waals surface area contributed by atoms with Gasteiger partial charge in [0.25, 0.3) is 0 Å². The maximum atomic E-state index is 8.21. The molecule has 0 heterocycles. The predicted molar refractivity (Wildman–Crippen MR) is 37.8 cm³/mol. The van der Waals surface area contributed by atoms with Gasteiger partial charge in [-0.3, -0.25) is 0 Å². The summed E-state index contributed by atoms with van der Waals surface area (Å²) in [5.41, 5.74) is 0. The van der Waals surface area contributed by atoms with E-state index in [0.717, 1.165) is 6.42 Å². The molecule has 0 aromatic carbocycles. The summed E-state index contributed by atoms with van der Waals surface area (Å²) < 4.78 is -0.266. The van der Waals surface area contributed by atoms with Gasteiger partial charge in [-0.25, -0.2) is 0 Å². The molecule has 0 saturated carbocycles. The Morgan fingerprint density at radius 1 is 1.86 bits per heavy atom. The van der Waals surface area contributed by atoms with E-state index in [1.54, 1.807) is 0 Å². The van der Waals surface area contributed by atoms with Gasteiger partial charge in [-0.2, -0.15) is 0 Å². The second-order valence-corrected chi connectivity index (χ2v) is 3.92. The highest BCUT2D eigenvalue weighted by Crippen LogP contribution is 2.22. The zero-order chi connectivity index (χ0) is 5.91. The van der Waals surface area contributed by atoms with Crippen molar-refractivity contribution in [1.82, 2.24) is 0 Å². The van der Waals surface area contributed by atoms with Crippen LogP contribution in [0.15, 0.2) is 0 Å². The first-order valence-corrected chi connectivity index (χ1v) is 3.25. The Morgan fingerprint density at radius 2 is 2.29 bits per heavy atom. The molecule has 0 aliphatic heterocycles. The molecule has 1 atom stereocenters. The fraction of sp³-hybridized carbons (Fsp3) is 1.00. The number of rotatable bonds is 1. The van der Waals surface area contributed by atoms with Gasteiger partial charge in [0, 0.05) is 35.9 Å². The first-order chi connectivity index (χ1) is 3.12. The lowest BCUT2D eigenvalue weighted by atomic mass is 10.3. The van der Waals surface area contributed by atoms with E-state index >= 15 is 0 Å². The molecule has 0 aromatic rings. The second-order valence-electron chi connectivity index (χ2n) is 1.60. The van der Waals surface area contributed by atoms with Crippen LogP contribution in [0.25, 0.3) is 4.98 Å². The third-order valence-corrected chi connectivity index (χ3v) is 1.83. The summed E-state index contributed by atoms with van der Waals surface area (Å²) in [6.45, 7) is 3.85. The van der Waals surface area contributed by atoms with Crippen molar-refractivity contribution in [2.45, 2.75) is 23.8 Å². The minimum atomic E-state index is -0.266. The van der Waals surface area contributed by atoms with Gasteiger partial charge in [0.05, 0.1) is 0 Å². The third kappa shape index (κ3) is 2.80. The predicted octanol–water partition coefficient (Wildman–Crippen LogP) is 2.40. The molecule has 0 aromatic heterocycles. The quantitative estimate of drug-likeness (QED) is 0.283. The van der Waals surface area contributed by atoms with Crippen molar-refractivity contribution >= 4 is 22.6 Å². The van der Waals surface area contributed by atoms with Crippen molar-refractivity contribution in [2.75, 3.05) is 0 Å². The van der Waals surface area contributed by atoms with Gasteiger partial charge >= 0.3 is 3.55 Å². The summed E-state index contributed by atoms with van der Waals surface area (Å²) in [6, 6.07) is 0. The minimum Gasteiger partial charge on any atom is -0.0565 e. The van der Waals surface area contributed by atoms with Crippen LogP contribution < -0.4 is 0 Å². The lowest BCUT2D eigenvalue weighted by Gasteiger charge is -1.91. The Labute approximate surface area is 57.1 Å². The van der Waals surface area contributed by atoms with E-state index in [-0.39, 0.29) is 3.55 Å². The van der Waals surface area contributed by atoms with Gasteiger partial charge in [-0.15, -0.1) is 0 Å². The average molecular weight is 211 g/mol. The fourth-order valence-corrected chi connectivity index (χ4v) is 0.0707. The molecule has 0 radical (unpaired) electrons. The summed E-state index contributed by atoms with van der Waals surface area (Å²) in [7, 11) is 0. The van der Waals surface area contributed by atoms with Crippen LogP contribution in [-0.2, 0) is 0 Å². The van der Waals surface area contributed by atoms with E-state index in [1.807, 2.05) is 13.8 Å². The van der Waals surface area contributed by atoms with Crippen molar-refractivity contribution in [3.8, 4) is 0 Å². The summed E-state index contributed by atoms with van der Waals surface area (Å²) in [6.07, 6.45) is 0.865. The molecule has 40 valence electrons. The molecule has 0 spiro atoms. The topological polar surface area (TPSA) is 28.1 Å². The number of halogens is 1. The second kappa shape index (κ2) is 2.46. The van der Waals surface area contributed by atoms with Crippen molar-refractivity contribution in [2.24, 2.45) is 0 Å². The Bertz CT molecular complexity index is 92.4. The van der Waals surface area contributed by atoms with E-state index in [2.05, 4.69) is 27.6 Å². The maximum Gasteiger partial charge on any atom is 0.366 e. The molecule has 0 aliphatic rings. The Kier molecular flexibility index (Phi) is 2.51. The first kappa shape index (κ1) is 7.15. The molecule has 0 rings (SSSR count). The molecule has 3 heteroatoms. The Balaban J connectivity index is 3.66. The van der Waals surface area contributed by atoms with Gasteiger partial charge in [-0.05, 0) is 0 Å². The lowest BCUT2D eigenvalue weighted by Crippen LogP contribution is -2.04. The largest absolute Gasteiger partial charge is 0.366 e. The number of nitrogens with zero attached hydrogens (tertiary/aromatic N) is 2. The van der Waals surface area contributed by atoms with Crippen LogP contribution in [0.2, 0.25) is 0 Å². The molecule has 0 fully saturated rings. The summed E-state index contributed by atoms with van der Waals surface area (Å²) >= 11 is 2.09. The first-order valence-electron chi connectivity index (χ1n) is 2.17. The van der Waals surface area contributed by atoms with Crippen LogP contribution in [-0.4, -0.2) is 3.55 Å². The summed E-state index contributed by atoms with van der Waals surface area (Å²) in [5.74, 6) is 0. The molecule has 0 N–H and O–H groups in total. The van der Waals surface area contributed by atoms with Crippen LogP contribution in [0, 0.1) is 5.39 Å². The molecule has 0 aliphatic carbocycles. The third-order valence-electron chi connectivity index (χ3n) is 0.854. The van der Waals surface area contributed by atoms with Crippen LogP contribution in [0.4, 0.5) is 0 Å². The zero-order valence-electron chi connectivity index (χ0n) is 4.48. The Hall–Kier alpha value is 0.150. The zero-order valence-corrected chi connectivity index (χ0v) is 6.64. The van der Waals surface area contributed by atoms with Crippen molar-refractivity contribution in [3.63, 3.8) is 0 Å². The van der Waals surface area contributed by atoms with Crippen molar-refractivity contribution in [3.05, 3.63) is 4.98 Å². The van der Waals surface area contributed by atoms with E-state index < -0.39 is 0 Å². The van der Waals surface area contributed by atoms with Crippen molar-refractivity contribution in [1.29, 1.82) is 5.39 Å². The highest BCUT2D eigenvalue weighted by molar-refractivity contribution is 14.1. The van der Waals surface area contributed by atoms with E-state index in [9.17, 15) is 0 Å². The number of hydrogen-bond donors (Lipinski definition) is 0. The highest BCUT2D eigenvalue weighted by atomic mass is 127. The van der Waals surface area contributed by atoms with Crippen LogP contribution in [0.3, 0.4) is 0 Å². The number of hydrogen-bond acceptors (Lipinski definition) is 1. The maximum absolute atomic E-state index is 8.21. The monoisotopic (exact) mass is 211 g/mol. The van der Waals surface area contributed by atoms with Crippen LogP contribution in [0.1, 0.15) is 20.3 Å².